The van der Waals surface area contributed by atoms with Crippen LogP contribution in [0, 0.1) is 13.8 Å². The lowest BCUT2D eigenvalue weighted by Crippen LogP contribution is -2.27. The van der Waals surface area contributed by atoms with E-state index in [0.717, 1.165) is 34.0 Å². The monoisotopic (exact) mass is 486 g/mol. The molecule has 0 radical (unpaired) electrons. The summed E-state index contributed by atoms with van der Waals surface area (Å²) in [7, 11) is 3.46. The first-order valence-electron chi connectivity index (χ1n) is 11.5. The van der Waals surface area contributed by atoms with Gasteiger partial charge in [0.1, 0.15) is 11.6 Å². The Kier molecular flexibility index (Phi) is 7.87. The second kappa shape index (κ2) is 11.2. The van der Waals surface area contributed by atoms with Crippen LogP contribution in [0.3, 0.4) is 0 Å². The second-order valence-corrected chi connectivity index (χ2v) is 9.52. The van der Waals surface area contributed by atoms with E-state index in [1.807, 2.05) is 49.5 Å². The van der Waals surface area contributed by atoms with E-state index in [4.69, 9.17) is 4.74 Å². The molecule has 0 saturated heterocycles. The first-order valence-corrected chi connectivity index (χ1v) is 12.5. The first kappa shape index (κ1) is 24.5. The number of aromatic nitrogens is 3. The van der Waals surface area contributed by atoms with E-state index < -0.39 is 0 Å². The number of hydrogen-bond acceptors (Lipinski definition) is 5. The molecular formula is C28H30N4O2S. The molecule has 6 nitrogen and oxygen atoms in total. The minimum absolute atomic E-state index is 0.0256. The highest BCUT2D eigenvalue weighted by Gasteiger charge is 2.19. The van der Waals surface area contributed by atoms with Gasteiger partial charge in [0.05, 0.1) is 18.6 Å². The van der Waals surface area contributed by atoms with E-state index in [0.29, 0.717) is 18.1 Å². The van der Waals surface area contributed by atoms with Crippen LogP contribution in [0.2, 0.25) is 0 Å². The van der Waals surface area contributed by atoms with Crippen molar-refractivity contribution >= 4 is 17.7 Å². The van der Waals surface area contributed by atoms with Crippen LogP contribution < -0.4 is 4.74 Å². The summed E-state index contributed by atoms with van der Waals surface area (Å²) in [6.45, 7) is 4.69. The van der Waals surface area contributed by atoms with Crippen LogP contribution in [0.25, 0.3) is 5.69 Å². The molecule has 180 valence electrons. The molecule has 1 aromatic heterocycles. The van der Waals surface area contributed by atoms with Gasteiger partial charge in [0.25, 0.3) is 0 Å². The van der Waals surface area contributed by atoms with Crippen molar-refractivity contribution in [3.8, 4) is 11.4 Å². The van der Waals surface area contributed by atoms with Crippen LogP contribution in [0.5, 0.6) is 5.75 Å². The topological polar surface area (TPSA) is 60.2 Å². The number of methoxy groups -OCH3 is 1. The smallest absolute Gasteiger partial charge is 0.233 e. The number of rotatable bonds is 9. The Morgan fingerprint density at radius 3 is 2.49 bits per heavy atom. The number of benzene rings is 3. The molecule has 7 heteroatoms. The van der Waals surface area contributed by atoms with Gasteiger partial charge in [0.2, 0.25) is 5.91 Å². The first-order chi connectivity index (χ1) is 16.9. The number of aryl methyl sites for hydroxylation is 2. The molecule has 1 heterocycles. The third-order valence-corrected chi connectivity index (χ3v) is 6.72. The molecule has 0 spiro atoms. The normalized spacial score (nSPS) is 10.9. The van der Waals surface area contributed by atoms with Gasteiger partial charge in [-0.05, 0) is 48.7 Å². The fourth-order valence-corrected chi connectivity index (χ4v) is 4.86. The number of hydrogen-bond donors (Lipinski definition) is 0. The lowest BCUT2D eigenvalue weighted by atomic mass is 10.1. The fourth-order valence-electron chi connectivity index (χ4n) is 3.95. The van der Waals surface area contributed by atoms with Gasteiger partial charge in [-0.2, -0.15) is 0 Å². The van der Waals surface area contributed by atoms with Crippen molar-refractivity contribution in [2.75, 3.05) is 19.9 Å². The standard InChI is InChI=1S/C28H30N4O2S/c1-20-13-14-25(21(2)15-20)32-26(17-22-9-6-5-7-10-22)29-30-28(32)35-19-27(33)31(3)18-23-11-8-12-24(16-23)34-4/h5-16H,17-19H2,1-4H3. The van der Waals surface area contributed by atoms with Gasteiger partial charge in [-0.1, -0.05) is 71.9 Å². The average Bonchev–Trinajstić information content (AvgIpc) is 3.25. The fraction of sp³-hybridized carbons (Fsp3) is 0.250. The van der Waals surface area contributed by atoms with E-state index in [1.165, 1.54) is 17.3 Å². The minimum Gasteiger partial charge on any atom is -0.497 e. The summed E-state index contributed by atoms with van der Waals surface area (Å²) in [6.07, 6.45) is 0.658. The average molecular weight is 487 g/mol. The Labute approximate surface area is 211 Å². The maximum absolute atomic E-state index is 12.9. The molecule has 0 aliphatic carbocycles. The Balaban J connectivity index is 1.54. The lowest BCUT2D eigenvalue weighted by molar-refractivity contribution is -0.127. The molecular weight excluding hydrogens is 456 g/mol. The highest BCUT2D eigenvalue weighted by atomic mass is 32.2. The molecule has 0 atom stereocenters. The molecule has 0 aliphatic heterocycles. The zero-order chi connectivity index (χ0) is 24.8. The van der Waals surface area contributed by atoms with E-state index >= 15 is 0 Å². The third kappa shape index (κ3) is 6.11. The van der Waals surface area contributed by atoms with Crippen LogP contribution in [0.1, 0.15) is 28.1 Å². The van der Waals surface area contributed by atoms with Crippen molar-refractivity contribution in [2.45, 2.75) is 32.0 Å². The zero-order valence-electron chi connectivity index (χ0n) is 20.6. The van der Waals surface area contributed by atoms with Crippen LogP contribution in [-0.2, 0) is 17.8 Å². The largest absolute Gasteiger partial charge is 0.497 e. The van der Waals surface area contributed by atoms with Gasteiger partial charge in [-0.15, -0.1) is 10.2 Å². The molecule has 0 N–H and O–H groups in total. The highest BCUT2D eigenvalue weighted by molar-refractivity contribution is 7.99. The van der Waals surface area contributed by atoms with Gasteiger partial charge in [0, 0.05) is 20.0 Å². The number of ether oxygens (including phenoxy) is 1. The minimum atomic E-state index is 0.0256. The molecule has 0 aliphatic rings. The van der Waals surface area contributed by atoms with Gasteiger partial charge in [-0.25, -0.2) is 0 Å². The van der Waals surface area contributed by atoms with E-state index in [9.17, 15) is 4.79 Å². The molecule has 4 rings (SSSR count). The van der Waals surface area contributed by atoms with Crippen LogP contribution in [0.4, 0.5) is 0 Å². The van der Waals surface area contributed by atoms with Crippen LogP contribution in [0.15, 0.2) is 78.0 Å². The number of thioether (sulfide) groups is 1. The molecule has 3 aromatic carbocycles. The SMILES string of the molecule is COc1cccc(CN(C)C(=O)CSc2nnc(Cc3ccccc3)n2-c2ccc(C)cc2C)c1. The summed E-state index contributed by atoms with van der Waals surface area (Å²) < 4.78 is 7.38. The predicted octanol–water partition coefficient (Wildman–Crippen LogP) is 5.23. The second-order valence-electron chi connectivity index (χ2n) is 8.58. The number of amides is 1. The van der Waals surface area contributed by atoms with Crippen LogP contribution >= 0.6 is 11.8 Å². The number of nitrogens with zero attached hydrogens (tertiary/aromatic N) is 4. The van der Waals surface area contributed by atoms with Crippen molar-refractivity contribution in [1.29, 1.82) is 0 Å². The summed E-state index contributed by atoms with van der Waals surface area (Å²) in [5.74, 6) is 1.93. The van der Waals surface area contributed by atoms with Gasteiger partial charge in [0.15, 0.2) is 5.16 Å². The summed E-state index contributed by atoms with van der Waals surface area (Å²) in [5.41, 5.74) is 5.56. The lowest BCUT2D eigenvalue weighted by Gasteiger charge is -2.18. The molecule has 0 unspecified atom stereocenters. The molecule has 4 aromatic rings. The Bertz CT molecular complexity index is 1300. The Morgan fingerprint density at radius 2 is 1.74 bits per heavy atom. The van der Waals surface area contributed by atoms with Gasteiger partial charge >= 0.3 is 0 Å². The van der Waals surface area contributed by atoms with Crippen molar-refractivity contribution in [2.24, 2.45) is 0 Å². The van der Waals surface area contributed by atoms with Crippen molar-refractivity contribution < 1.29 is 9.53 Å². The molecule has 0 fully saturated rings. The van der Waals surface area contributed by atoms with Crippen molar-refractivity contribution in [3.05, 3.63) is 101 Å². The highest BCUT2D eigenvalue weighted by Crippen LogP contribution is 2.26. The summed E-state index contributed by atoms with van der Waals surface area (Å²) in [6, 6.07) is 24.4. The third-order valence-electron chi connectivity index (χ3n) is 5.80. The molecule has 0 bridgehead atoms. The quantitative estimate of drug-likeness (QED) is 0.303. The van der Waals surface area contributed by atoms with Crippen molar-refractivity contribution in [1.82, 2.24) is 19.7 Å². The Morgan fingerprint density at radius 1 is 0.971 bits per heavy atom. The Hall–Kier alpha value is -3.58. The van der Waals surface area contributed by atoms with Crippen LogP contribution in [-0.4, -0.2) is 45.5 Å². The maximum atomic E-state index is 12.9. The maximum Gasteiger partial charge on any atom is 0.233 e. The van der Waals surface area contributed by atoms with E-state index in [1.54, 1.807) is 12.0 Å². The molecule has 0 saturated carbocycles. The van der Waals surface area contributed by atoms with Gasteiger partial charge < -0.3 is 9.64 Å². The molecule has 35 heavy (non-hydrogen) atoms. The van der Waals surface area contributed by atoms with Crippen molar-refractivity contribution in [3.63, 3.8) is 0 Å². The number of carbonyl (C=O) groups is 1. The number of carbonyl (C=O) groups excluding carboxylic acids is 1. The predicted molar refractivity (Wildman–Crippen MR) is 140 cm³/mol. The summed E-state index contributed by atoms with van der Waals surface area (Å²) >= 11 is 1.41. The summed E-state index contributed by atoms with van der Waals surface area (Å²) in [5, 5.41) is 9.71. The summed E-state index contributed by atoms with van der Waals surface area (Å²) in [4.78, 5) is 14.7. The zero-order valence-corrected chi connectivity index (χ0v) is 21.4. The van der Waals surface area contributed by atoms with E-state index in [2.05, 4.69) is 58.9 Å². The molecule has 1 amide bonds. The van der Waals surface area contributed by atoms with E-state index in [-0.39, 0.29) is 11.7 Å². The van der Waals surface area contributed by atoms with Gasteiger partial charge in [-0.3, -0.25) is 9.36 Å².